The van der Waals surface area contributed by atoms with Crippen LogP contribution in [0.4, 0.5) is 11.4 Å². The summed E-state index contributed by atoms with van der Waals surface area (Å²) < 4.78 is 0.425. The highest BCUT2D eigenvalue weighted by Gasteiger charge is 2.40. The first-order valence-electron chi connectivity index (χ1n) is 6.65. The number of benzene rings is 1. The Morgan fingerprint density at radius 2 is 2.05 bits per heavy atom. The Balaban J connectivity index is 2.19. The van der Waals surface area contributed by atoms with Crippen molar-refractivity contribution in [3.63, 3.8) is 0 Å². The summed E-state index contributed by atoms with van der Waals surface area (Å²) in [6.45, 7) is 0. The van der Waals surface area contributed by atoms with Gasteiger partial charge in [-0.2, -0.15) is 5.26 Å². The summed E-state index contributed by atoms with van der Waals surface area (Å²) >= 11 is 3.21. The molecular formula is C14H14BrN3O3. The number of nitro groups is 1. The number of hydrogen-bond donors (Lipinski definition) is 1. The molecule has 0 spiro atoms. The second kappa shape index (κ2) is 6.22. The molecule has 1 aromatic rings. The zero-order chi connectivity index (χ0) is 15.5. The Morgan fingerprint density at radius 3 is 2.57 bits per heavy atom. The summed E-state index contributed by atoms with van der Waals surface area (Å²) in [6, 6.07) is 6.27. The monoisotopic (exact) mass is 351 g/mol. The van der Waals surface area contributed by atoms with Crippen LogP contribution in [0.25, 0.3) is 0 Å². The van der Waals surface area contributed by atoms with Crippen molar-refractivity contribution in [2.75, 3.05) is 5.32 Å². The van der Waals surface area contributed by atoms with Gasteiger partial charge in [0.2, 0.25) is 5.91 Å². The molecule has 21 heavy (non-hydrogen) atoms. The topological polar surface area (TPSA) is 96.0 Å². The normalized spacial score (nSPS) is 16.8. The lowest BCUT2D eigenvalue weighted by atomic mass is 9.74. The quantitative estimate of drug-likeness (QED) is 0.661. The highest BCUT2D eigenvalue weighted by atomic mass is 79.9. The van der Waals surface area contributed by atoms with Crippen molar-refractivity contribution in [2.24, 2.45) is 5.41 Å². The molecule has 1 fully saturated rings. The van der Waals surface area contributed by atoms with Gasteiger partial charge in [0.25, 0.3) is 5.69 Å². The van der Waals surface area contributed by atoms with Gasteiger partial charge in [0.05, 0.1) is 16.7 Å². The van der Waals surface area contributed by atoms with Gasteiger partial charge < -0.3 is 5.32 Å². The SMILES string of the molecule is N#CC1(C(=O)Nc2ccc([N+](=O)[O-])cc2Br)CCCCC1. The number of nitrogens with one attached hydrogen (secondary N) is 1. The first-order chi connectivity index (χ1) is 9.98. The van der Waals surface area contributed by atoms with Crippen LogP contribution in [0, 0.1) is 26.9 Å². The van der Waals surface area contributed by atoms with Crippen molar-refractivity contribution in [3.05, 3.63) is 32.8 Å². The van der Waals surface area contributed by atoms with E-state index in [1.54, 1.807) is 0 Å². The molecule has 1 amide bonds. The van der Waals surface area contributed by atoms with Crippen LogP contribution in [0.1, 0.15) is 32.1 Å². The lowest BCUT2D eigenvalue weighted by Gasteiger charge is -2.29. The summed E-state index contributed by atoms with van der Waals surface area (Å²) in [5, 5.41) is 22.8. The molecule has 0 bridgehead atoms. The van der Waals surface area contributed by atoms with E-state index in [9.17, 15) is 20.2 Å². The molecule has 2 rings (SSSR count). The molecule has 1 aliphatic rings. The molecule has 0 saturated heterocycles. The Bertz CT molecular complexity index is 618. The Morgan fingerprint density at radius 1 is 1.38 bits per heavy atom. The minimum Gasteiger partial charge on any atom is -0.324 e. The molecule has 1 N–H and O–H groups in total. The predicted octanol–water partition coefficient (Wildman–Crippen LogP) is 3.77. The molecule has 0 radical (unpaired) electrons. The van der Waals surface area contributed by atoms with Crippen molar-refractivity contribution in [2.45, 2.75) is 32.1 Å². The molecular weight excluding hydrogens is 338 g/mol. The maximum atomic E-state index is 12.4. The lowest BCUT2D eigenvalue weighted by Crippen LogP contribution is -2.36. The van der Waals surface area contributed by atoms with Gasteiger partial charge in [-0.25, -0.2) is 0 Å². The van der Waals surface area contributed by atoms with E-state index in [4.69, 9.17) is 0 Å². The molecule has 0 unspecified atom stereocenters. The molecule has 1 aliphatic carbocycles. The minimum atomic E-state index is -0.987. The molecule has 0 aliphatic heterocycles. The summed E-state index contributed by atoms with van der Waals surface area (Å²) in [5.41, 5.74) is -0.613. The van der Waals surface area contributed by atoms with Crippen molar-refractivity contribution >= 4 is 33.2 Å². The van der Waals surface area contributed by atoms with Crippen LogP contribution in [0.15, 0.2) is 22.7 Å². The van der Waals surface area contributed by atoms with Crippen molar-refractivity contribution in [1.82, 2.24) is 0 Å². The number of nitriles is 1. The molecule has 7 heteroatoms. The maximum absolute atomic E-state index is 12.4. The number of nitro benzene ring substituents is 1. The van der Waals surface area contributed by atoms with E-state index in [0.29, 0.717) is 23.0 Å². The van der Waals surface area contributed by atoms with Gasteiger partial charge in [0.1, 0.15) is 5.41 Å². The molecule has 6 nitrogen and oxygen atoms in total. The fourth-order valence-corrected chi connectivity index (χ4v) is 2.97. The average Bonchev–Trinajstić information content (AvgIpc) is 2.49. The number of amides is 1. The number of carbonyl (C=O) groups excluding carboxylic acids is 1. The van der Waals surface area contributed by atoms with Crippen LogP contribution in [0.2, 0.25) is 0 Å². The summed E-state index contributed by atoms with van der Waals surface area (Å²) in [5.74, 6) is -0.334. The molecule has 1 saturated carbocycles. The number of halogens is 1. The summed E-state index contributed by atoms with van der Waals surface area (Å²) in [4.78, 5) is 22.6. The molecule has 0 aromatic heterocycles. The minimum absolute atomic E-state index is 0.0625. The lowest BCUT2D eigenvalue weighted by molar-refractivity contribution is -0.384. The largest absolute Gasteiger partial charge is 0.324 e. The van der Waals surface area contributed by atoms with E-state index in [2.05, 4.69) is 27.3 Å². The zero-order valence-corrected chi connectivity index (χ0v) is 12.9. The maximum Gasteiger partial charge on any atom is 0.270 e. The van der Waals surface area contributed by atoms with E-state index >= 15 is 0 Å². The van der Waals surface area contributed by atoms with Crippen molar-refractivity contribution in [3.8, 4) is 6.07 Å². The smallest absolute Gasteiger partial charge is 0.270 e. The van der Waals surface area contributed by atoms with E-state index in [1.807, 2.05) is 0 Å². The molecule has 110 valence electrons. The first kappa shape index (κ1) is 15.4. The van der Waals surface area contributed by atoms with Gasteiger partial charge >= 0.3 is 0 Å². The van der Waals surface area contributed by atoms with Gasteiger partial charge in [-0.05, 0) is 34.8 Å². The van der Waals surface area contributed by atoms with Gasteiger partial charge in [-0.3, -0.25) is 14.9 Å². The second-order valence-electron chi connectivity index (χ2n) is 5.13. The van der Waals surface area contributed by atoms with Crippen LogP contribution >= 0.6 is 15.9 Å². The van der Waals surface area contributed by atoms with E-state index in [0.717, 1.165) is 19.3 Å². The van der Waals surface area contributed by atoms with E-state index < -0.39 is 10.3 Å². The van der Waals surface area contributed by atoms with Gasteiger partial charge in [0.15, 0.2) is 0 Å². The van der Waals surface area contributed by atoms with Crippen LogP contribution in [-0.4, -0.2) is 10.8 Å². The van der Waals surface area contributed by atoms with Crippen LogP contribution in [-0.2, 0) is 4.79 Å². The second-order valence-corrected chi connectivity index (χ2v) is 5.98. The predicted molar refractivity (Wildman–Crippen MR) is 80.6 cm³/mol. The molecule has 1 aromatic carbocycles. The Hall–Kier alpha value is -1.94. The highest BCUT2D eigenvalue weighted by molar-refractivity contribution is 9.10. The van der Waals surface area contributed by atoms with Gasteiger partial charge in [-0.15, -0.1) is 0 Å². The fraction of sp³-hybridized carbons (Fsp3) is 0.429. The number of non-ortho nitro benzene ring substituents is 1. The van der Waals surface area contributed by atoms with Crippen molar-refractivity contribution in [1.29, 1.82) is 5.26 Å². The van der Waals surface area contributed by atoms with Gasteiger partial charge in [-0.1, -0.05) is 19.3 Å². The number of rotatable bonds is 3. The highest BCUT2D eigenvalue weighted by Crippen LogP contribution is 2.37. The van der Waals surface area contributed by atoms with Crippen LogP contribution in [0.5, 0.6) is 0 Å². The van der Waals surface area contributed by atoms with Crippen LogP contribution in [0.3, 0.4) is 0 Å². The standard InChI is InChI=1S/C14H14BrN3O3/c15-11-8-10(18(20)21)4-5-12(11)17-13(19)14(9-16)6-2-1-3-7-14/h4-5,8H,1-3,6-7H2,(H,17,19). The van der Waals surface area contributed by atoms with E-state index in [1.165, 1.54) is 18.2 Å². The molecule has 0 atom stereocenters. The Kier molecular flexibility index (Phi) is 4.58. The summed E-state index contributed by atoms with van der Waals surface area (Å²) in [6.07, 6.45) is 3.88. The van der Waals surface area contributed by atoms with Crippen LogP contribution < -0.4 is 5.32 Å². The summed E-state index contributed by atoms with van der Waals surface area (Å²) in [7, 11) is 0. The number of anilines is 1. The third kappa shape index (κ3) is 3.22. The first-order valence-corrected chi connectivity index (χ1v) is 7.44. The number of nitrogens with zero attached hydrogens (tertiary/aromatic N) is 2. The number of hydrogen-bond acceptors (Lipinski definition) is 4. The van der Waals surface area contributed by atoms with E-state index in [-0.39, 0.29) is 11.6 Å². The zero-order valence-electron chi connectivity index (χ0n) is 11.3. The molecule has 0 heterocycles. The van der Waals surface area contributed by atoms with Crippen molar-refractivity contribution < 1.29 is 9.72 Å². The fourth-order valence-electron chi connectivity index (χ4n) is 2.51. The Labute approximate surface area is 130 Å². The number of carbonyl (C=O) groups is 1. The third-order valence-electron chi connectivity index (χ3n) is 3.77. The van der Waals surface area contributed by atoms with Gasteiger partial charge in [0, 0.05) is 16.6 Å². The average molecular weight is 352 g/mol. The third-order valence-corrected chi connectivity index (χ3v) is 4.42.